The molecular weight excluding hydrogens is 294 g/mol. The van der Waals surface area contributed by atoms with Crippen molar-refractivity contribution in [3.05, 3.63) is 84.3 Å². The van der Waals surface area contributed by atoms with Crippen molar-refractivity contribution in [3.63, 3.8) is 0 Å². The molecule has 0 amide bonds. The monoisotopic (exact) mass is 315 g/mol. The average Bonchev–Trinajstić information content (AvgIpc) is 2.69. The molecule has 1 aliphatic carbocycles. The SMILES string of the molecule is C1=CNOC=C1.c1ccc2c(c1)ccc1c3c(ccc12)CCCC3. The Balaban J connectivity index is 0.000000207. The normalized spacial score (nSPS) is 15.2. The zero-order chi connectivity index (χ0) is 16.2. The molecule has 0 radical (unpaired) electrons. The molecule has 0 fully saturated rings. The van der Waals surface area contributed by atoms with E-state index in [1.54, 1.807) is 29.7 Å². The fraction of sp³-hybridized carbons (Fsp3) is 0.182. The molecule has 0 saturated carbocycles. The van der Waals surface area contributed by atoms with Crippen molar-refractivity contribution in [3.8, 4) is 0 Å². The van der Waals surface area contributed by atoms with Crippen LogP contribution in [0.2, 0.25) is 0 Å². The lowest BCUT2D eigenvalue weighted by molar-refractivity contribution is 0.172. The highest BCUT2D eigenvalue weighted by Crippen LogP contribution is 2.33. The fourth-order valence-corrected chi connectivity index (χ4v) is 3.60. The Morgan fingerprint density at radius 3 is 2.42 bits per heavy atom. The standard InChI is InChI=1S/C18H16.C4H5NO/c1-3-7-15-13(5-1)9-11-18-16-8-4-2-6-14(16)10-12-17(15)18;1-2-4-6-5-3-1/h1,3,5,7,9-12H,2,4,6,8H2;1-5H. The first kappa shape index (κ1) is 14.8. The number of hydroxylamine groups is 1. The van der Waals surface area contributed by atoms with E-state index in [2.05, 4.69) is 58.8 Å². The summed E-state index contributed by atoms with van der Waals surface area (Å²) in [4.78, 5) is 4.55. The molecule has 0 atom stereocenters. The van der Waals surface area contributed by atoms with Gasteiger partial charge in [0.25, 0.3) is 0 Å². The molecule has 0 bridgehead atoms. The lowest BCUT2D eigenvalue weighted by Crippen LogP contribution is -2.02. The molecule has 0 aromatic heterocycles. The number of nitrogens with one attached hydrogen (secondary N) is 1. The van der Waals surface area contributed by atoms with Gasteiger partial charge in [-0.1, -0.05) is 48.5 Å². The molecule has 1 heterocycles. The summed E-state index contributed by atoms with van der Waals surface area (Å²) in [7, 11) is 0. The van der Waals surface area contributed by atoms with Gasteiger partial charge in [0.2, 0.25) is 0 Å². The molecule has 2 aliphatic rings. The highest BCUT2D eigenvalue weighted by molar-refractivity contribution is 6.08. The van der Waals surface area contributed by atoms with Gasteiger partial charge >= 0.3 is 0 Å². The van der Waals surface area contributed by atoms with Crippen molar-refractivity contribution in [2.45, 2.75) is 25.7 Å². The third-order valence-electron chi connectivity index (χ3n) is 4.75. The van der Waals surface area contributed by atoms with E-state index in [0.29, 0.717) is 0 Å². The second kappa shape index (κ2) is 6.79. The van der Waals surface area contributed by atoms with Crippen LogP contribution in [0.1, 0.15) is 24.0 Å². The lowest BCUT2D eigenvalue weighted by Gasteiger charge is -2.18. The van der Waals surface area contributed by atoms with E-state index in [-0.39, 0.29) is 0 Å². The average molecular weight is 315 g/mol. The number of aryl methyl sites for hydroxylation is 2. The minimum Gasteiger partial charge on any atom is -0.391 e. The van der Waals surface area contributed by atoms with Crippen LogP contribution in [0.3, 0.4) is 0 Å². The second-order valence-corrected chi connectivity index (χ2v) is 6.22. The van der Waals surface area contributed by atoms with Gasteiger partial charge < -0.3 is 4.84 Å². The zero-order valence-electron chi connectivity index (χ0n) is 13.7. The summed E-state index contributed by atoms with van der Waals surface area (Å²) in [5.74, 6) is 0. The zero-order valence-corrected chi connectivity index (χ0v) is 13.7. The maximum Gasteiger partial charge on any atom is 0.119 e. The smallest absolute Gasteiger partial charge is 0.119 e. The minimum atomic E-state index is 1.25. The van der Waals surface area contributed by atoms with Gasteiger partial charge in [-0.15, -0.1) is 0 Å². The van der Waals surface area contributed by atoms with Crippen LogP contribution in [0.15, 0.2) is 73.1 Å². The highest BCUT2D eigenvalue weighted by Gasteiger charge is 2.13. The molecule has 120 valence electrons. The van der Waals surface area contributed by atoms with Crippen LogP contribution in [0.5, 0.6) is 0 Å². The molecular formula is C22H21NO. The predicted molar refractivity (Wildman–Crippen MR) is 101 cm³/mol. The Morgan fingerprint density at radius 1 is 0.750 bits per heavy atom. The highest BCUT2D eigenvalue weighted by atomic mass is 16.6. The van der Waals surface area contributed by atoms with Gasteiger partial charge in [-0.3, -0.25) is 0 Å². The first-order valence-corrected chi connectivity index (χ1v) is 8.58. The fourth-order valence-electron chi connectivity index (χ4n) is 3.60. The Morgan fingerprint density at radius 2 is 1.62 bits per heavy atom. The minimum absolute atomic E-state index is 1.25. The Labute approximate surface area is 142 Å². The molecule has 3 aromatic carbocycles. The number of rotatable bonds is 0. The van der Waals surface area contributed by atoms with Crippen molar-refractivity contribution in [1.82, 2.24) is 5.48 Å². The molecule has 0 unspecified atom stereocenters. The van der Waals surface area contributed by atoms with Gasteiger partial charge in [-0.2, -0.15) is 0 Å². The molecule has 24 heavy (non-hydrogen) atoms. The third-order valence-corrected chi connectivity index (χ3v) is 4.75. The molecule has 0 saturated heterocycles. The first-order chi connectivity index (χ1) is 11.9. The van der Waals surface area contributed by atoms with Crippen LogP contribution in [-0.2, 0) is 17.7 Å². The van der Waals surface area contributed by atoms with Gasteiger partial charge in [0.15, 0.2) is 0 Å². The number of hydrogen-bond acceptors (Lipinski definition) is 2. The predicted octanol–water partition coefficient (Wildman–Crippen LogP) is 5.42. The summed E-state index contributed by atoms with van der Waals surface area (Å²) in [6.45, 7) is 0. The summed E-state index contributed by atoms with van der Waals surface area (Å²) < 4.78 is 0. The summed E-state index contributed by atoms with van der Waals surface area (Å²) in [6, 6.07) is 18.0. The van der Waals surface area contributed by atoms with Crippen LogP contribution < -0.4 is 5.48 Å². The van der Waals surface area contributed by atoms with Crippen LogP contribution in [-0.4, -0.2) is 0 Å². The van der Waals surface area contributed by atoms with E-state index < -0.39 is 0 Å². The molecule has 3 aromatic rings. The summed E-state index contributed by atoms with van der Waals surface area (Å²) in [5.41, 5.74) is 5.69. The molecule has 1 N–H and O–H groups in total. The Bertz CT molecular complexity index is 912. The van der Waals surface area contributed by atoms with Gasteiger partial charge in [-0.25, -0.2) is 5.48 Å². The number of hydrogen-bond donors (Lipinski definition) is 1. The van der Waals surface area contributed by atoms with Gasteiger partial charge in [0.05, 0.1) is 0 Å². The number of benzene rings is 3. The second-order valence-electron chi connectivity index (χ2n) is 6.22. The van der Waals surface area contributed by atoms with E-state index in [4.69, 9.17) is 0 Å². The summed E-state index contributed by atoms with van der Waals surface area (Å²) >= 11 is 0. The van der Waals surface area contributed by atoms with Crippen LogP contribution in [0, 0.1) is 0 Å². The maximum atomic E-state index is 4.55. The van der Waals surface area contributed by atoms with E-state index in [9.17, 15) is 0 Å². The van der Waals surface area contributed by atoms with Crippen LogP contribution >= 0.6 is 0 Å². The quantitative estimate of drug-likeness (QED) is 0.559. The molecule has 1 aliphatic heterocycles. The number of fused-ring (bicyclic) bond motifs is 5. The first-order valence-electron chi connectivity index (χ1n) is 8.58. The largest absolute Gasteiger partial charge is 0.391 e. The van der Waals surface area contributed by atoms with E-state index in [1.165, 1.54) is 47.2 Å². The van der Waals surface area contributed by atoms with E-state index in [1.807, 2.05) is 6.08 Å². The van der Waals surface area contributed by atoms with Crippen molar-refractivity contribution in [1.29, 1.82) is 0 Å². The van der Waals surface area contributed by atoms with E-state index in [0.717, 1.165) is 0 Å². The maximum absolute atomic E-state index is 4.55. The molecule has 2 heteroatoms. The molecule has 5 rings (SSSR count). The van der Waals surface area contributed by atoms with Crippen molar-refractivity contribution in [2.24, 2.45) is 0 Å². The van der Waals surface area contributed by atoms with Crippen LogP contribution in [0.4, 0.5) is 0 Å². The van der Waals surface area contributed by atoms with Crippen molar-refractivity contribution < 1.29 is 4.84 Å². The lowest BCUT2D eigenvalue weighted by atomic mass is 9.86. The van der Waals surface area contributed by atoms with Crippen molar-refractivity contribution >= 4 is 21.5 Å². The number of allylic oxidation sites excluding steroid dienone is 2. The van der Waals surface area contributed by atoms with Crippen molar-refractivity contribution in [2.75, 3.05) is 0 Å². The molecule has 0 spiro atoms. The van der Waals surface area contributed by atoms with Gasteiger partial charge in [0.1, 0.15) is 6.26 Å². The summed E-state index contributed by atoms with van der Waals surface area (Å²) in [6.07, 6.45) is 12.1. The van der Waals surface area contributed by atoms with Crippen LogP contribution in [0.25, 0.3) is 21.5 Å². The third kappa shape index (κ3) is 2.88. The van der Waals surface area contributed by atoms with Gasteiger partial charge in [0, 0.05) is 6.20 Å². The summed E-state index contributed by atoms with van der Waals surface area (Å²) in [5, 5.41) is 5.64. The molecule has 2 nitrogen and oxygen atoms in total. The van der Waals surface area contributed by atoms with E-state index >= 15 is 0 Å². The Kier molecular flexibility index (Phi) is 4.20. The topological polar surface area (TPSA) is 21.3 Å². The Hall–Kier alpha value is -2.74. The van der Waals surface area contributed by atoms with Gasteiger partial charge in [-0.05, 0) is 70.5 Å².